The molecule has 0 aliphatic carbocycles. The normalized spacial score (nSPS) is 16.5. The molecule has 29 heavy (non-hydrogen) atoms. The lowest BCUT2D eigenvalue weighted by Crippen LogP contribution is -2.47. The van der Waals surface area contributed by atoms with Crippen molar-refractivity contribution >= 4 is 17.6 Å². The molecule has 158 valence electrons. The number of urea groups is 1. The fraction of sp³-hybridized carbons (Fsp3) is 0.400. The predicted molar refractivity (Wildman–Crippen MR) is 103 cm³/mol. The van der Waals surface area contributed by atoms with Crippen molar-refractivity contribution in [3.8, 4) is 0 Å². The number of nitrogens with one attached hydrogen (secondary N) is 2. The van der Waals surface area contributed by atoms with E-state index in [0.29, 0.717) is 25.9 Å². The average Bonchev–Trinajstić information content (AvgIpc) is 2.65. The summed E-state index contributed by atoms with van der Waals surface area (Å²) in [7, 11) is 0. The first kappa shape index (κ1) is 22.3. The highest BCUT2D eigenvalue weighted by molar-refractivity contribution is 5.96. The molecule has 0 unspecified atom stereocenters. The van der Waals surface area contributed by atoms with E-state index in [0.717, 1.165) is 12.1 Å². The number of carbonyl (C=O) groups is 2. The van der Waals surface area contributed by atoms with Crippen molar-refractivity contribution in [1.29, 1.82) is 0 Å². The third-order valence-corrected chi connectivity index (χ3v) is 4.54. The van der Waals surface area contributed by atoms with Gasteiger partial charge in [-0.05, 0) is 51.0 Å². The first-order valence-corrected chi connectivity index (χ1v) is 9.18. The summed E-state index contributed by atoms with van der Waals surface area (Å²) in [6.07, 6.45) is -0.144. The first-order valence-electron chi connectivity index (χ1n) is 9.18. The molecule has 1 fully saturated rings. The third kappa shape index (κ3) is 6.27. The zero-order chi connectivity index (χ0) is 21.6. The number of amides is 3. The molecule has 0 spiro atoms. The van der Waals surface area contributed by atoms with Gasteiger partial charge in [0.25, 0.3) is 5.91 Å². The molecule has 0 saturated carbocycles. The monoisotopic (exact) mass is 411 g/mol. The number of aliphatic hydroxyl groups is 1. The van der Waals surface area contributed by atoms with Crippen molar-refractivity contribution in [3.05, 3.63) is 53.3 Å². The smallest absolute Gasteiger partial charge is 0.416 e. The van der Waals surface area contributed by atoms with Gasteiger partial charge in [0.05, 0.1) is 11.1 Å². The van der Waals surface area contributed by atoms with E-state index in [1.165, 1.54) is 19.1 Å². The number of anilines is 1. The molecule has 1 aromatic rings. The Bertz CT molecular complexity index is 789. The fourth-order valence-corrected chi connectivity index (χ4v) is 3.01. The minimum Gasteiger partial charge on any atom is -0.512 e. The molecule has 1 aliphatic heterocycles. The third-order valence-electron chi connectivity index (χ3n) is 4.54. The highest BCUT2D eigenvalue weighted by Crippen LogP contribution is 2.29. The molecular weight excluding hydrogens is 387 g/mol. The van der Waals surface area contributed by atoms with Crippen LogP contribution in [0.25, 0.3) is 0 Å². The Labute approximate surface area is 167 Å². The van der Waals surface area contributed by atoms with Crippen LogP contribution in [0.2, 0.25) is 0 Å². The molecule has 3 amide bonds. The van der Waals surface area contributed by atoms with E-state index in [4.69, 9.17) is 0 Å². The number of rotatable bonds is 4. The molecule has 1 saturated heterocycles. The van der Waals surface area contributed by atoms with Crippen molar-refractivity contribution in [3.63, 3.8) is 0 Å². The second kappa shape index (κ2) is 9.49. The first-order chi connectivity index (χ1) is 13.6. The molecule has 3 N–H and O–H groups in total. The number of likely N-dealkylation sites (tertiary alicyclic amines) is 1. The van der Waals surface area contributed by atoms with E-state index in [-0.39, 0.29) is 29.0 Å². The molecule has 0 radical (unpaired) electrons. The predicted octanol–water partition coefficient (Wildman–Crippen LogP) is 4.23. The molecule has 0 bridgehead atoms. The van der Waals surface area contributed by atoms with Gasteiger partial charge in [0.15, 0.2) is 0 Å². The van der Waals surface area contributed by atoms with Crippen molar-refractivity contribution in [2.75, 3.05) is 18.4 Å². The minimum absolute atomic E-state index is 0.0516. The highest BCUT2D eigenvalue weighted by Gasteiger charge is 2.30. The number of hydrogen-bond donors (Lipinski definition) is 3. The number of halogens is 3. The summed E-state index contributed by atoms with van der Waals surface area (Å²) in [5, 5.41) is 14.9. The van der Waals surface area contributed by atoms with Gasteiger partial charge in [0.1, 0.15) is 5.76 Å². The average molecular weight is 411 g/mol. The molecule has 0 aromatic heterocycles. The Morgan fingerprint density at radius 2 is 1.76 bits per heavy atom. The zero-order valence-electron chi connectivity index (χ0n) is 16.2. The molecular formula is C20H24F3N3O3. The number of allylic oxidation sites excluding steroid dienone is 2. The molecule has 2 rings (SSSR count). The van der Waals surface area contributed by atoms with Gasteiger partial charge in [0, 0.05) is 24.8 Å². The minimum atomic E-state index is -4.43. The van der Waals surface area contributed by atoms with Crippen LogP contribution in [0.15, 0.2) is 47.7 Å². The van der Waals surface area contributed by atoms with Gasteiger partial charge in [0.2, 0.25) is 0 Å². The molecule has 1 heterocycles. The summed E-state index contributed by atoms with van der Waals surface area (Å²) in [5.41, 5.74) is -0.299. The number of piperidine rings is 1. The summed E-state index contributed by atoms with van der Waals surface area (Å²) in [6, 6.07) is 3.50. The van der Waals surface area contributed by atoms with Crippen LogP contribution in [-0.4, -0.2) is 41.1 Å². The maximum absolute atomic E-state index is 12.6. The highest BCUT2D eigenvalue weighted by atomic mass is 19.4. The van der Waals surface area contributed by atoms with Crippen LogP contribution in [-0.2, 0) is 11.0 Å². The van der Waals surface area contributed by atoms with Crippen LogP contribution in [0, 0.1) is 0 Å². The standard InChI is InChI=1S/C20H24F3N3O3/c1-3-4-17(13(2)27)18(28)26-11-9-16(10-12-26)25-19(29)24-15-7-5-14(6-8-15)20(21,22)23/h3-8,16,27H,9-12H2,1-2H3,(H2,24,25,29)/b4-3-,17-13+. The second-order valence-corrected chi connectivity index (χ2v) is 6.74. The lowest BCUT2D eigenvalue weighted by atomic mass is 10.0. The lowest BCUT2D eigenvalue weighted by molar-refractivity contribution is -0.137. The van der Waals surface area contributed by atoms with Crippen LogP contribution in [0.3, 0.4) is 0 Å². The maximum Gasteiger partial charge on any atom is 0.416 e. The van der Waals surface area contributed by atoms with Gasteiger partial charge in [-0.25, -0.2) is 4.79 Å². The Morgan fingerprint density at radius 1 is 1.17 bits per heavy atom. The molecule has 1 aliphatic rings. The molecule has 1 aromatic carbocycles. The summed E-state index contributed by atoms with van der Waals surface area (Å²) < 4.78 is 37.7. The zero-order valence-corrected chi connectivity index (χ0v) is 16.2. The Morgan fingerprint density at radius 3 is 2.24 bits per heavy atom. The van der Waals surface area contributed by atoms with Crippen molar-refractivity contribution in [1.82, 2.24) is 10.2 Å². The Balaban J connectivity index is 1.85. The van der Waals surface area contributed by atoms with Crippen molar-refractivity contribution in [2.24, 2.45) is 0 Å². The van der Waals surface area contributed by atoms with Gasteiger partial charge in [-0.2, -0.15) is 13.2 Å². The van der Waals surface area contributed by atoms with Gasteiger partial charge < -0.3 is 20.6 Å². The summed E-state index contributed by atoms with van der Waals surface area (Å²) in [6.45, 7) is 4.03. The quantitative estimate of drug-likeness (QED) is 0.394. The van der Waals surface area contributed by atoms with Gasteiger partial charge in [-0.15, -0.1) is 0 Å². The summed E-state index contributed by atoms with van der Waals surface area (Å²) in [5.74, 6) is -0.319. The number of benzene rings is 1. The number of alkyl halides is 3. The SMILES string of the molecule is C/C=C\C(C(=O)N1CCC(NC(=O)Nc2ccc(C(F)(F)F)cc2)CC1)=C(\C)O. The summed E-state index contributed by atoms with van der Waals surface area (Å²) in [4.78, 5) is 26.2. The van der Waals surface area contributed by atoms with Crippen molar-refractivity contribution in [2.45, 2.75) is 38.9 Å². The largest absolute Gasteiger partial charge is 0.512 e. The number of carbonyl (C=O) groups excluding carboxylic acids is 2. The molecule has 6 nitrogen and oxygen atoms in total. The van der Waals surface area contributed by atoms with Crippen LogP contribution in [0.4, 0.5) is 23.7 Å². The van der Waals surface area contributed by atoms with Crippen LogP contribution in [0.5, 0.6) is 0 Å². The topological polar surface area (TPSA) is 81.7 Å². The fourth-order valence-electron chi connectivity index (χ4n) is 3.01. The molecule has 0 atom stereocenters. The van der Waals surface area contributed by atoms with Crippen LogP contribution in [0.1, 0.15) is 32.3 Å². The van der Waals surface area contributed by atoms with E-state index >= 15 is 0 Å². The Hall–Kier alpha value is -2.97. The van der Waals surface area contributed by atoms with Gasteiger partial charge in [-0.1, -0.05) is 12.2 Å². The Kier molecular flexibility index (Phi) is 7.30. The number of hydrogen-bond acceptors (Lipinski definition) is 3. The van der Waals surface area contributed by atoms with E-state index in [2.05, 4.69) is 10.6 Å². The van der Waals surface area contributed by atoms with Crippen molar-refractivity contribution < 1.29 is 27.9 Å². The van der Waals surface area contributed by atoms with E-state index in [1.54, 1.807) is 24.0 Å². The number of nitrogens with zero attached hydrogens (tertiary/aromatic N) is 1. The van der Waals surface area contributed by atoms with E-state index in [9.17, 15) is 27.9 Å². The van der Waals surface area contributed by atoms with Crippen LogP contribution >= 0.6 is 0 Å². The number of aliphatic hydroxyl groups excluding tert-OH is 1. The molecule has 9 heteroatoms. The second-order valence-electron chi connectivity index (χ2n) is 6.74. The van der Waals surface area contributed by atoms with Gasteiger partial charge >= 0.3 is 12.2 Å². The lowest BCUT2D eigenvalue weighted by Gasteiger charge is -2.32. The van der Waals surface area contributed by atoms with E-state index in [1.807, 2.05) is 0 Å². The van der Waals surface area contributed by atoms with E-state index < -0.39 is 17.8 Å². The van der Waals surface area contributed by atoms with Gasteiger partial charge in [-0.3, -0.25) is 4.79 Å². The van der Waals surface area contributed by atoms with Crippen LogP contribution < -0.4 is 10.6 Å². The maximum atomic E-state index is 12.6. The summed E-state index contributed by atoms with van der Waals surface area (Å²) >= 11 is 0.